The molecule has 3 nitrogen and oxygen atoms in total. The molecule has 5 rings (SSSR count). The third-order valence-electron chi connectivity index (χ3n) is 4.51. The molecular weight excluding hydrogens is 272 g/mol. The molecule has 3 aliphatic heterocycles. The molecule has 22 heavy (non-hydrogen) atoms. The van der Waals surface area contributed by atoms with E-state index in [1.165, 1.54) is 23.1 Å². The van der Waals surface area contributed by atoms with Gasteiger partial charge in [0, 0.05) is 36.3 Å². The van der Waals surface area contributed by atoms with Crippen LogP contribution in [-0.4, -0.2) is 30.3 Å². The minimum absolute atomic E-state index is 0.450. The molecule has 3 saturated heterocycles. The van der Waals surface area contributed by atoms with Crippen molar-refractivity contribution < 1.29 is 4.74 Å². The van der Waals surface area contributed by atoms with Crippen molar-refractivity contribution in [3.63, 3.8) is 0 Å². The summed E-state index contributed by atoms with van der Waals surface area (Å²) in [6, 6.07) is 8.89. The maximum atomic E-state index is 5.72. The third kappa shape index (κ3) is 2.70. The second-order valence-electron chi connectivity index (χ2n) is 6.00. The van der Waals surface area contributed by atoms with E-state index in [1.807, 2.05) is 13.8 Å². The van der Waals surface area contributed by atoms with Crippen LogP contribution in [0.15, 0.2) is 24.3 Å². The number of nitrogens with zero attached hydrogens (tertiary/aromatic N) is 2. The molecule has 0 radical (unpaired) electrons. The number of hydrogen-bond donors (Lipinski definition) is 0. The molecular formula is C19H26N2O. The first kappa shape index (κ1) is 15.3. The number of pyridine rings is 1. The van der Waals surface area contributed by atoms with Gasteiger partial charge in [-0.25, -0.2) is 0 Å². The molecule has 0 saturated carbocycles. The van der Waals surface area contributed by atoms with Crippen LogP contribution in [0.2, 0.25) is 0 Å². The number of piperidine rings is 1. The van der Waals surface area contributed by atoms with Gasteiger partial charge in [0.05, 0.1) is 17.7 Å². The number of anilines is 1. The van der Waals surface area contributed by atoms with E-state index in [2.05, 4.69) is 48.0 Å². The van der Waals surface area contributed by atoms with Gasteiger partial charge in [-0.15, -0.1) is 0 Å². The zero-order valence-electron chi connectivity index (χ0n) is 14.1. The minimum atomic E-state index is 0.450. The average molecular weight is 298 g/mol. The highest BCUT2D eigenvalue weighted by Crippen LogP contribution is 2.33. The number of ether oxygens (including phenoxy) is 1. The lowest BCUT2D eigenvalue weighted by Gasteiger charge is -2.48. The highest BCUT2D eigenvalue weighted by Gasteiger charge is 2.38. The molecule has 0 amide bonds. The normalized spacial score (nSPS) is 22.8. The number of morpholine rings is 1. The van der Waals surface area contributed by atoms with Crippen molar-refractivity contribution in [2.24, 2.45) is 0 Å². The van der Waals surface area contributed by atoms with E-state index < -0.39 is 0 Å². The van der Waals surface area contributed by atoms with E-state index >= 15 is 0 Å². The molecule has 118 valence electrons. The summed E-state index contributed by atoms with van der Waals surface area (Å²) in [5.41, 5.74) is 4.93. The summed E-state index contributed by atoms with van der Waals surface area (Å²) in [5.74, 6) is 0. The molecule has 3 heteroatoms. The van der Waals surface area contributed by atoms with Crippen molar-refractivity contribution >= 4 is 16.6 Å². The summed E-state index contributed by atoms with van der Waals surface area (Å²) >= 11 is 0. The lowest BCUT2D eigenvalue weighted by molar-refractivity contribution is -0.133. The van der Waals surface area contributed by atoms with Gasteiger partial charge < -0.3 is 9.64 Å². The van der Waals surface area contributed by atoms with Crippen LogP contribution in [0.3, 0.4) is 0 Å². The zero-order chi connectivity index (χ0) is 15.7. The standard InChI is InChI=1S/C17H20N2O.C2H6/c1-3-12-6-11(2)18-17-5-4-13(7-16(12)17)19-9-14-8-15(10-19)20-14;1-2/h4-7,14-15H,3,8-10H2,1-2H3;1-2H3. The second kappa shape index (κ2) is 6.25. The maximum absolute atomic E-state index is 5.72. The Morgan fingerprint density at radius 3 is 2.50 bits per heavy atom. The Kier molecular flexibility index (Phi) is 4.34. The molecule has 0 spiro atoms. The largest absolute Gasteiger partial charge is 0.371 e. The first-order chi connectivity index (χ1) is 10.7. The molecule has 2 atom stereocenters. The Morgan fingerprint density at radius 2 is 1.86 bits per heavy atom. The van der Waals surface area contributed by atoms with E-state index in [1.54, 1.807) is 0 Å². The van der Waals surface area contributed by atoms with E-state index in [0.29, 0.717) is 12.2 Å². The lowest BCUT2D eigenvalue weighted by atomic mass is 9.97. The zero-order valence-corrected chi connectivity index (χ0v) is 14.1. The van der Waals surface area contributed by atoms with E-state index in [0.717, 1.165) is 30.7 Å². The first-order valence-electron chi connectivity index (χ1n) is 8.53. The van der Waals surface area contributed by atoms with Crippen LogP contribution in [0, 0.1) is 6.92 Å². The summed E-state index contributed by atoms with van der Waals surface area (Å²) in [5, 5.41) is 1.30. The van der Waals surface area contributed by atoms with E-state index in [4.69, 9.17) is 4.74 Å². The summed E-state index contributed by atoms with van der Waals surface area (Å²) in [6.45, 7) is 10.3. The van der Waals surface area contributed by atoms with Crippen LogP contribution >= 0.6 is 0 Å². The molecule has 1 aromatic carbocycles. The molecule has 3 fully saturated rings. The molecule has 4 heterocycles. The van der Waals surface area contributed by atoms with Gasteiger partial charge >= 0.3 is 0 Å². The van der Waals surface area contributed by atoms with Gasteiger partial charge in [0.25, 0.3) is 0 Å². The molecule has 1 aromatic heterocycles. The topological polar surface area (TPSA) is 25.4 Å². The van der Waals surface area contributed by atoms with E-state index in [9.17, 15) is 0 Å². The smallest absolute Gasteiger partial charge is 0.0780 e. The maximum Gasteiger partial charge on any atom is 0.0780 e. The fourth-order valence-corrected chi connectivity index (χ4v) is 3.49. The summed E-state index contributed by atoms with van der Waals surface area (Å²) in [6.07, 6.45) is 3.19. The Hall–Kier alpha value is -1.61. The average Bonchev–Trinajstić information content (AvgIpc) is 2.55. The number of fused-ring (bicyclic) bond motifs is 3. The van der Waals surface area contributed by atoms with Crippen molar-refractivity contribution in [3.8, 4) is 0 Å². The Labute approximate surface area is 133 Å². The van der Waals surface area contributed by atoms with Crippen LogP contribution in [-0.2, 0) is 11.2 Å². The van der Waals surface area contributed by atoms with Gasteiger partial charge in [-0.1, -0.05) is 20.8 Å². The highest BCUT2D eigenvalue weighted by atomic mass is 16.5. The number of aromatic nitrogens is 1. The van der Waals surface area contributed by atoms with Gasteiger partial charge in [0.1, 0.15) is 0 Å². The van der Waals surface area contributed by atoms with Crippen molar-refractivity contribution in [2.45, 2.75) is 52.7 Å². The van der Waals surface area contributed by atoms with Crippen molar-refractivity contribution in [1.29, 1.82) is 0 Å². The van der Waals surface area contributed by atoms with Crippen LogP contribution < -0.4 is 4.90 Å². The third-order valence-corrected chi connectivity index (χ3v) is 4.51. The molecule has 2 bridgehead atoms. The molecule has 0 N–H and O–H groups in total. The molecule has 2 unspecified atom stereocenters. The van der Waals surface area contributed by atoms with Crippen LogP contribution in [0.25, 0.3) is 10.9 Å². The van der Waals surface area contributed by atoms with E-state index in [-0.39, 0.29) is 0 Å². The highest BCUT2D eigenvalue weighted by molar-refractivity contribution is 5.86. The Bertz CT molecular complexity index is 652. The van der Waals surface area contributed by atoms with Crippen molar-refractivity contribution in [2.75, 3.05) is 18.0 Å². The van der Waals surface area contributed by atoms with Crippen molar-refractivity contribution in [1.82, 2.24) is 4.98 Å². The monoisotopic (exact) mass is 298 g/mol. The second-order valence-corrected chi connectivity index (χ2v) is 6.00. The SMILES string of the molecule is CC.CCc1cc(C)nc2ccc(N3CC4CC(C3)O4)cc12. The van der Waals surface area contributed by atoms with Gasteiger partial charge in [-0.3, -0.25) is 4.98 Å². The number of benzene rings is 1. The summed E-state index contributed by atoms with van der Waals surface area (Å²) in [4.78, 5) is 7.11. The van der Waals surface area contributed by atoms with Crippen LogP contribution in [0.5, 0.6) is 0 Å². The van der Waals surface area contributed by atoms with Crippen LogP contribution in [0.4, 0.5) is 5.69 Å². The van der Waals surface area contributed by atoms with Gasteiger partial charge in [-0.05, 0) is 43.2 Å². The fraction of sp³-hybridized carbons (Fsp3) is 0.526. The molecule has 3 aliphatic rings. The lowest BCUT2D eigenvalue weighted by Crippen LogP contribution is -2.57. The summed E-state index contributed by atoms with van der Waals surface area (Å²) < 4.78 is 5.72. The predicted molar refractivity (Wildman–Crippen MR) is 92.7 cm³/mol. The number of hydrogen-bond acceptors (Lipinski definition) is 3. The fourth-order valence-electron chi connectivity index (χ4n) is 3.49. The minimum Gasteiger partial charge on any atom is -0.371 e. The van der Waals surface area contributed by atoms with Gasteiger partial charge in [0.2, 0.25) is 0 Å². The van der Waals surface area contributed by atoms with Gasteiger partial charge in [0.15, 0.2) is 0 Å². The molecule has 0 aliphatic carbocycles. The Morgan fingerprint density at radius 1 is 1.18 bits per heavy atom. The number of rotatable bonds is 2. The predicted octanol–water partition coefficient (Wildman–Crippen LogP) is 4.11. The Balaban J connectivity index is 0.000000693. The molecule has 2 aromatic rings. The first-order valence-corrected chi connectivity index (χ1v) is 8.53. The van der Waals surface area contributed by atoms with Crippen molar-refractivity contribution in [3.05, 3.63) is 35.5 Å². The number of aryl methyl sites for hydroxylation is 2. The van der Waals surface area contributed by atoms with Gasteiger partial charge in [-0.2, -0.15) is 0 Å². The van der Waals surface area contributed by atoms with Crippen LogP contribution in [0.1, 0.15) is 38.4 Å². The summed E-state index contributed by atoms with van der Waals surface area (Å²) in [7, 11) is 0. The quantitative estimate of drug-likeness (QED) is 0.834.